The van der Waals surface area contributed by atoms with E-state index in [9.17, 15) is 5.11 Å². The number of aromatic nitrogens is 3. The first-order valence-corrected chi connectivity index (χ1v) is 8.92. The molecule has 5 nitrogen and oxygen atoms in total. The molecule has 1 aromatic heterocycles. The lowest BCUT2D eigenvalue weighted by molar-refractivity contribution is 0.177. The molecule has 0 bridgehead atoms. The lowest BCUT2D eigenvalue weighted by Crippen LogP contribution is -2.18. The Morgan fingerprint density at radius 2 is 2.00 bits per heavy atom. The molecule has 0 spiro atoms. The van der Waals surface area contributed by atoms with Gasteiger partial charge in [-0.2, -0.15) is 5.10 Å². The maximum absolute atomic E-state index is 9.21. The second-order valence-electron chi connectivity index (χ2n) is 6.55. The summed E-state index contributed by atoms with van der Waals surface area (Å²) >= 11 is 0. The van der Waals surface area contributed by atoms with Crippen LogP contribution in [0.1, 0.15) is 55.2 Å². The molecule has 1 fully saturated rings. The summed E-state index contributed by atoms with van der Waals surface area (Å²) < 4.78 is 7.21. The van der Waals surface area contributed by atoms with E-state index < -0.39 is 0 Å². The van der Waals surface area contributed by atoms with Gasteiger partial charge in [0.05, 0.1) is 0 Å². The molecule has 1 N–H and O–H groups in total. The molecule has 1 saturated carbocycles. The molecule has 2 aromatic rings. The molecule has 5 heteroatoms. The van der Waals surface area contributed by atoms with Gasteiger partial charge in [0.25, 0.3) is 0 Å². The van der Waals surface area contributed by atoms with E-state index in [0.29, 0.717) is 25.5 Å². The number of methoxy groups -OCH3 is 1. The molecule has 0 amide bonds. The number of benzene rings is 1. The van der Waals surface area contributed by atoms with E-state index >= 15 is 0 Å². The highest BCUT2D eigenvalue weighted by molar-refractivity contribution is 5.27. The molecular weight excluding hydrogens is 302 g/mol. The van der Waals surface area contributed by atoms with Crippen molar-refractivity contribution < 1.29 is 9.84 Å². The smallest absolute Gasteiger partial charge is 0.176 e. The van der Waals surface area contributed by atoms with E-state index in [-0.39, 0.29) is 12.5 Å². The lowest BCUT2D eigenvalue weighted by atomic mass is 9.84. The summed E-state index contributed by atoms with van der Waals surface area (Å²) in [5.41, 5.74) is 1.31. The summed E-state index contributed by atoms with van der Waals surface area (Å²) in [4.78, 5) is 4.82. The van der Waals surface area contributed by atoms with Gasteiger partial charge in [-0.1, -0.05) is 43.2 Å². The number of ether oxygens (including phenoxy) is 1. The predicted molar refractivity (Wildman–Crippen MR) is 92.7 cm³/mol. The number of aliphatic hydroxyl groups excluding tert-OH is 1. The van der Waals surface area contributed by atoms with Gasteiger partial charge in [-0.25, -0.2) is 9.67 Å². The maximum atomic E-state index is 9.21. The molecule has 0 radical (unpaired) electrons. The molecule has 0 saturated heterocycles. The summed E-state index contributed by atoms with van der Waals surface area (Å²) in [6, 6.07) is 10.7. The van der Waals surface area contributed by atoms with Crippen molar-refractivity contribution in [3.05, 3.63) is 47.5 Å². The van der Waals surface area contributed by atoms with Gasteiger partial charge < -0.3 is 9.84 Å². The Morgan fingerprint density at radius 3 is 2.67 bits per heavy atom. The van der Waals surface area contributed by atoms with Crippen LogP contribution in [-0.2, 0) is 17.9 Å². The van der Waals surface area contributed by atoms with Crippen LogP contribution in [0.3, 0.4) is 0 Å². The average molecular weight is 329 g/mol. The molecule has 1 aromatic carbocycles. The lowest BCUT2D eigenvalue weighted by Gasteiger charge is -2.23. The van der Waals surface area contributed by atoms with Gasteiger partial charge in [0, 0.05) is 26.2 Å². The molecule has 130 valence electrons. The zero-order valence-electron chi connectivity index (χ0n) is 14.4. The molecule has 1 atom stereocenters. The first-order chi connectivity index (χ1) is 11.8. The van der Waals surface area contributed by atoms with Crippen LogP contribution in [0.15, 0.2) is 30.3 Å². The van der Waals surface area contributed by atoms with Gasteiger partial charge in [0.15, 0.2) is 5.82 Å². The van der Waals surface area contributed by atoms with Crippen LogP contribution in [0.4, 0.5) is 0 Å². The Hall–Kier alpha value is -1.72. The average Bonchev–Trinajstić information content (AvgIpc) is 3.26. The minimum absolute atomic E-state index is 0.165. The Bertz CT molecular complexity index is 621. The van der Waals surface area contributed by atoms with Gasteiger partial charge >= 0.3 is 0 Å². The molecule has 1 unspecified atom stereocenters. The predicted octanol–water partition coefficient (Wildman–Crippen LogP) is 3.13. The quantitative estimate of drug-likeness (QED) is 0.808. The molecule has 24 heavy (non-hydrogen) atoms. The van der Waals surface area contributed by atoms with Crippen molar-refractivity contribution in [3.63, 3.8) is 0 Å². The Kier molecular flexibility index (Phi) is 5.99. The van der Waals surface area contributed by atoms with Gasteiger partial charge in [-0.05, 0) is 30.7 Å². The third kappa shape index (κ3) is 3.84. The topological polar surface area (TPSA) is 60.2 Å². The number of hydrogen-bond donors (Lipinski definition) is 1. The van der Waals surface area contributed by atoms with Gasteiger partial charge in [0.2, 0.25) is 0 Å². The van der Waals surface area contributed by atoms with E-state index in [1.807, 2.05) is 4.68 Å². The van der Waals surface area contributed by atoms with E-state index in [1.54, 1.807) is 7.11 Å². The molecular formula is C19H27N3O2. The highest BCUT2D eigenvalue weighted by Crippen LogP contribution is 2.40. The zero-order valence-corrected chi connectivity index (χ0v) is 14.4. The van der Waals surface area contributed by atoms with Gasteiger partial charge in [0.1, 0.15) is 12.4 Å². The summed E-state index contributed by atoms with van der Waals surface area (Å²) in [7, 11) is 1.67. The van der Waals surface area contributed by atoms with Crippen LogP contribution in [0.2, 0.25) is 0 Å². The van der Waals surface area contributed by atoms with E-state index in [4.69, 9.17) is 9.72 Å². The summed E-state index contributed by atoms with van der Waals surface area (Å²) in [6.07, 6.45) is 5.76. The van der Waals surface area contributed by atoms with Crippen molar-refractivity contribution in [1.82, 2.24) is 14.8 Å². The molecule has 1 heterocycles. The molecule has 0 aliphatic heterocycles. The van der Waals surface area contributed by atoms with Crippen LogP contribution >= 0.6 is 0 Å². The number of nitrogens with zero attached hydrogens (tertiary/aromatic N) is 3. The van der Waals surface area contributed by atoms with E-state index in [1.165, 1.54) is 31.2 Å². The van der Waals surface area contributed by atoms with Crippen LogP contribution in [-0.4, -0.2) is 33.6 Å². The molecule has 3 rings (SSSR count). The second-order valence-corrected chi connectivity index (χ2v) is 6.55. The largest absolute Gasteiger partial charge is 0.396 e. The maximum Gasteiger partial charge on any atom is 0.176 e. The Balaban J connectivity index is 1.99. The van der Waals surface area contributed by atoms with E-state index in [0.717, 1.165) is 11.6 Å². The monoisotopic (exact) mass is 329 g/mol. The first kappa shape index (κ1) is 17.1. The van der Waals surface area contributed by atoms with Crippen LogP contribution in [0, 0.1) is 5.92 Å². The SMILES string of the molecule is COCc1nc(C(c2ccccc2)C2CCCC2)n(CCCO)n1. The zero-order chi connectivity index (χ0) is 16.8. The number of hydrogen-bond acceptors (Lipinski definition) is 4. The summed E-state index contributed by atoms with van der Waals surface area (Å²) in [5.74, 6) is 2.63. The minimum atomic E-state index is 0.165. The first-order valence-electron chi connectivity index (χ1n) is 8.92. The molecule has 1 aliphatic rings. The highest BCUT2D eigenvalue weighted by Gasteiger charge is 2.31. The normalized spacial score (nSPS) is 16.6. The van der Waals surface area contributed by atoms with Crippen molar-refractivity contribution in [3.8, 4) is 0 Å². The van der Waals surface area contributed by atoms with Crippen molar-refractivity contribution >= 4 is 0 Å². The number of aliphatic hydroxyl groups is 1. The van der Waals surface area contributed by atoms with Crippen molar-refractivity contribution in [2.24, 2.45) is 5.92 Å². The van der Waals surface area contributed by atoms with Crippen molar-refractivity contribution in [1.29, 1.82) is 0 Å². The summed E-state index contributed by atoms with van der Waals surface area (Å²) in [6.45, 7) is 1.28. The van der Waals surface area contributed by atoms with Crippen LogP contribution in [0.25, 0.3) is 0 Å². The standard InChI is InChI=1S/C19H27N3O2/c1-24-14-17-20-19(22(21-17)12-7-13-23)18(16-10-5-6-11-16)15-8-3-2-4-9-15/h2-4,8-9,16,18,23H,5-7,10-14H2,1H3. The van der Waals surface area contributed by atoms with Crippen molar-refractivity contribution in [2.75, 3.05) is 13.7 Å². The second kappa shape index (κ2) is 8.40. The number of rotatable bonds is 8. The fourth-order valence-electron chi connectivity index (χ4n) is 3.79. The molecule has 1 aliphatic carbocycles. The third-order valence-electron chi connectivity index (χ3n) is 4.85. The van der Waals surface area contributed by atoms with Crippen LogP contribution in [0.5, 0.6) is 0 Å². The third-order valence-corrected chi connectivity index (χ3v) is 4.85. The van der Waals surface area contributed by atoms with Gasteiger partial charge in [-0.3, -0.25) is 0 Å². The Labute approximate surface area is 143 Å². The highest BCUT2D eigenvalue weighted by atomic mass is 16.5. The van der Waals surface area contributed by atoms with E-state index in [2.05, 4.69) is 35.4 Å². The summed E-state index contributed by atoms with van der Waals surface area (Å²) in [5, 5.41) is 13.8. The van der Waals surface area contributed by atoms with Gasteiger partial charge in [-0.15, -0.1) is 0 Å². The fraction of sp³-hybridized carbons (Fsp3) is 0.579. The minimum Gasteiger partial charge on any atom is -0.396 e. The fourth-order valence-corrected chi connectivity index (χ4v) is 3.79. The number of aryl methyl sites for hydroxylation is 1. The Morgan fingerprint density at radius 1 is 1.25 bits per heavy atom. The van der Waals surface area contributed by atoms with Crippen molar-refractivity contribution in [2.45, 2.75) is 51.2 Å². The van der Waals surface area contributed by atoms with Crippen LogP contribution < -0.4 is 0 Å².